The van der Waals surface area contributed by atoms with E-state index in [1.807, 2.05) is 26.0 Å². The number of ether oxygens (including phenoxy) is 7. The Balaban J connectivity index is 2.51. The van der Waals surface area contributed by atoms with Gasteiger partial charge in [-0.05, 0) is 58.3 Å². The molecule has 12 unspecified atom stereocenters. The zero-order valence-electron chi connectivity index (χ0n) is 56.9. The first-order valence-electron chi connectivity index (χ1n) is 35.6. The van der Waals surface area contributed by atoms with Gasteiger partial charge in [0.1, 0.15) is 48.1 Å². The van der Waals surface area contributed by atoms with Gasteiger partial charge in [0, 0.05) is 45.3 Å². The van der Waals surface area contributed by atoms with Crippen LogP contribution in [0.25, 0.3) is 0 Å². The number of esters is 1. The molecule has 0 aromatic rings. The number of amides is 2. The van der Waals surface area contributed by atoms with Crippen LogP contribution in [-0.2, 0) is 66.2 Å². The van der Waals surface area contributed by atoms with E-state index in [1.54, 1.807) is 0 Å². The van der Waals surface area contributed by atoms with Crippen LogP contribution >= 0.6 is 7.82 Å². The van der Waals surface area contributed by atoms with Gasteiger partial charge in [-0.3, -0.25) is 28.5 Å². The highest BCUT2D eigenvalue weighted by Crippen LogP contribution is 2.41. The number of methoxy groups -OCH3 is 1. The zero-order valence-corrected chi connectivity index (χ0v) is 57.8. The van der Waals surface area contributed by atoms with Crippen LogP contribution in [0.4, 0.5) is 0 Å². The summed E-state index contributed by atoms with van der Waals surface area (Å²) in [7, 11) is -3.90. The molecule has 2 heterocycles. The summed E-state index contributed by atoms with van der Waals surface area (Å²) >= 11 is 0. The van der Waals surface area contributed by atoms with Crippen LogP contribution in [-0.4, -0.2) is 150 Å². The van der Waals surface area contributed by atoms with E-state index in [0.29, 0.717) is 38.5 Å². The van der Waals surface area contributed by atoms with E-state index in [1.165, 1.54) is 58.5 Å². The van der Waals surface area contributed by atoms with Gasteiger partial charge in [0.2, 0.25) is 11.8 Å². The van der Waals surface area contributed by atoms with Gasteiger partial charge in [-0.2, -0.15) is 0 Å². The van der Waals surface area contributed by atoms with E-state index < -0.39 is 112 Å². The number of ketones is 2. The van der Waals surface area contributed by atoms with Crippen LogP contribution in [0.1, 0.15) is 292 Å². The molecule has 2 amide bonds. The van der Waals surface area contributed by atoms with Crippen molar-refractivity contribution in [2.24, 2.45) is 5.92 Å². The zero-order chi connectivity index (χ0) is 66.2. The van der Waals surface area contributed by atoms with Crippen LogP contribution in [0.3, 0.4) is 0 Å². The Morgan fingerprint density at radius 1 is 0.544 bits per heavy atom. The first kappa shape index (κ1) is 83.4. The van der Waals surface area contributed by atoms with Gasteiger partial charge in [0.15, 0.2) is 12.6 Å². The maximum atomic E-state index is 14.1. The van der Waals surface area contributed by atoms with Crippen molar-refractivity contribution < 1.29 is 86.2 Å². The number of rotatable bonds is 58. The predicted octanol–water partition coefficient (Wildman–Crippen LogP) is 13.2. The fourth-order valence-corrected chi connectivity index (χ4v) is 12.3. The molecule has 2 saturated heterocycles. The third-order valence-corrected chi connectivity index (χ3v) is 17.8. The number of hydrogen-bond acceptors (Lipinski definition) is 16. The quantitative estimate of drug-likeness (QED) is 0.0108. The molecule has 6 N–H and O–H groups in total. The molecule has 2 aliphatic rings. The summed E-state index contributed by atoms with van der Waals surface area (Å²) in [6.45, 7) is 11.9. The Hall–Kier alpha value is -2.72. The Labute approximate surface area is 542 Å². The van der Waals surface area contributed by atoms with Gasteiger partial charge in [-0.1, -0.05) is 207 Å². The number of unbranched alkanes of at least 4 members (excludes halogenated alkanes) is 25. The second-order valence-electron chi connectivity index (χ2n) is 25.5. The molecule has 0 aliphatic carbocycles. The highest BCUT2D eigenvalue weighted by atomic mass is 31.2. The Morgan fingerprint density at radius 2 is 1.00 bits per heavy atom. The number of nitrogens with one attached hydrogen (secondary N) is 2. The molecular weight excluding hydrogens is 1180 g/mol. The Morgan fingerprint density at radius 3 is 1.50 bits per heavy atom. The molecule has 12 atom stereocenters. The van der Waals surface area contributed by atoms with Crippen LogP contribution < -0.4 is 10.6 Å². The van der Waals surface area contributed by atoms with E-state index in [9.17, 15) is 48.5 Å². The number of carbonyl (C=O) groups excluding carboxylic acids is 5. The number of Topliss-reactive ketones (excluding diaryl/α,β-unsaturated/α-hetero) is 2. The number of phosphoric acid groups is 1. The van der Waals surface area contributed by atoms with Crippen molar-refractivity contribution in [3.05, 3.63) is 12.2 Å². The van der Waals surface area contributed by atoms with E-state index in [0.717, 1.165) is 122 Å². The number of hydrogen-bond donors (Lipinski definition) is 6. The van der Waals surface area contributed by atoms with Crippen LogP contribution in [0.5, 0.6) is 0 Å². The molecule has 2 rings (SSSR count). The first-order chi connectivity index (χ1) is 43.4. The fraction of sp³-hybridized carbons (Fsp3) is 0.899. The Kier molecular flexibility index (Phi) is 48.7. The van der Waals surface area contributed by atoms with E-state index in [-0.39, 0.29) is 63.0 Å². The summed E-state index contributed by atoms with van der Waals surface area (Å²) in [6, 6.07) is -2.67. The summed E-state index contributed by atoms with van der Waals surface area (Å²) in [4.78, 5) is 88.2. The molecule has 20 nitrogen and oxygen atoms in total. The van der Waals surface area contributed by atoms with E-state index in [2.05, 4.69) is 38.3 Å². The number of allylic oxidation sites excluding steroid dienone is 2. The average molecular weight is 1300 g/mol. The monoisotopic (exact) mass is 1300 g/mol. The van der Waals surface area contributed by atoms with E-state index >= 15 is 0 Å². The molecule has 2 aliphatic heterocycles. The number of aliphatic hydroxyl groups excluding tert-OH is 2. The van der Waals surface area contributed by atoms with E-state index in [4.69, 9.17) is 37.7 Å². The van der Waals surface area contributed by atoms with Gasteiger partial charge in [0.05, 0.1) is 51.0 Å². The highest BCUT2D eigenvalue weighted by Gasteiger charge is 2.51. The second-order valence-corrected chi connectivity index (χ2v) is 26.7. The van der Waals surface area contributed by atoms with Gasteiger partial charge in [0.25, 0.3) is 0 Å². The summed E-state index contributed by atoms with van der Waals surface area (Å²) < 4.78 is 61.9. The number of carbonyl (C=O) groups is 5. The largest absolute Gasteiger partial charge is 0.472 e. The van der Waals surface area contributed by atoms with Crippen molar-refractivity contribution in [1.29, 1.82) is 0 Å². The third-order valence-electron chi connectivity index (χ3n) is 17.3. The number of aliphatic hydroxyl groups is 2. The lowest BCUT2D eigenvalue weighted by Gasteiger charge is -2.47. The maximum absolute atomic E-state index is 14.1. The summed E-state index contributed by atoms with van der Waals surface area (Å²) in [5.74, 6) is -2.70. The summed E-state index contributed by atoms with van der Waals surface area (Å²) in [5.41, 5.74) is 0. The standard InChI is InChI=1S/C69H127N2O18P/c1-8-13-18-23-25-27-29-33-36-41-55(73)49-60(75)70-63-66(83-48-46-57(43-38-32-21-16-11-4)86-62(77)44-39-22-17-12-5)53(6)58(51-82-7)87-68(63)85-52-59-65(78)67(84-47-45-54(72)40-35-31-20-15-10-3)64(69(88-59)89-90(79,80)81)71-61(76)50-56(74)42-37-34-30-28-26-24-19-14-9-2/h12,17,53-54,57-59,63-69,72,78H,8-11,13-16,18-52H2,1-7H3,(H,70,75)(H,71,76)(H2,79,80,81)/b17-12-. The minimum absolute atomic E-state index is 0.0638. The SMILES string of the molecule is C/C=C\CCCC(=O)OC(CCCCCCC)CCOC1C(C)C(COC)OC(OCC2OC(OP(=O)(O)O)C(NC(=O)CC(=O)CCCCCCCCCCC)C(OCCC(O)CCCCCCC)C2O)C1NC(=O)CC(=O)CCCCCCCCCCC. The fourth-order valence-electron chi connectivity index (χ4n) is 11.9. The molecule has 0 aromatic heterocycles. The van der Waals surface area contributed by atoms with Gasteiger partial charge in [-0.25, -0.2) is 4.57 Å². The summed E-state index contributed by atoms with van der Waals surface area (Å²) in [6.07, 6.45) is 25.0. The molecule has 0 aromatic carbocycles. The smallest absolute Gasteiger partial charge is 0.462 e. The molecule has 526 valence electrons. The molecule has 0 bridgehead atoms. The molecule has 21 heteroatoms. The molecular formula is C69H127N2O18P. The number of phosphoric ester groups is 1. The highest BCUT2D eigenvalue weighted by molar-refractivity contribution is 7.46. The second kappa shape index (κ2) is 52.5. The van der Waals surface area contributed by atoms with Crippen LogP contribution in [0, 0.1) is 5.92 Å². The molecule has 0 spiro atoms. The minimum atomic E-state index is -5.41. The predicted molar refractivity (Wildman–Crippen MR) is 350 cm³/mol. The molecule has 2 fully saturated rings. The van der Waals surface area contributed by atoms with Crippen LogP contribution in [0.2, 0.25) is 0 Å². The molecule has 0 saturated carbocycles. The molecule has 90 heavy (non-hydrogen) atoms. The van der Waals surface area contributed by atoms with Crippen molar-refractivity contribution in [2.45, 2.75) is 359 Å². The van der Waals surface area contributed by atoms with Crippen molar-refractivity contribution in [3.8, 4) is 0 Å². The van der Waals surface area contributed by atoms with Gasteiger partial charge < -0.3 is 63.8 Å². The minimum Gasteiger partial charge on any atom is -0.462 e. The lowest BCUT2D eigenvalue weighted by Crippen LogP contribution is -2.66. The molecule has 0 radical (unpaired) electrons. The average Bonchev–Trinajstić information content (AvgIpc) is 1.39. The van der Waals surface area contributed by atoms with Crippen molar-refractivity contribution in [3.63, 3.8) is 0 Å². The van der Waals surface area contributed by atoms with Gasteiger partial charge >= 0.3 is 13.8 Å². The van der Waals surface area contributed by atoms with Gasteiger partial charge in [-0.15, -0.1) is 0 Å². The topological polar surface area (TPSA) is 281 Å². The van der Waals surface area contributed by atoms with Crippen LogP contribution in [0.15, 0.2) is 12.2 Å². The lowest BCUT2D eigenvalue weighted by molar-refractivity contribution is -0.295. The first-order valence-corrected chi connectivity index (χ1v) is 37.1. The Bertz CT molecular complexity index is 1940. The van der Waals surface area contributed by atoms with Crippen molar-refractivity contribution in [1.82, 2.24) is 10.6 Å². The normalized spacial score (nSPS) is 22.8. The van der Waals surface area contributed by atoms with Crippen molar-refractivity contribution in [2.75, 3.05) is 33.5 Å². The third kappa shape index (κ3) is 39.2. The summed E-state index contributed by atoms with van der Waals surface area (Å²) in [5, 5.41) is 28.9. The maximum Gasteiger partial charge on any atom is 0.472 e. The van der Waals surface area contributed by atoms with Crippen molar-refractivity contribution >= 4 is 37.2 Å². The lowest BCUT2D eigenvalue weighted by atomic mass is 9.88.